The van der Waals surface area contributed by atoms with E-state index in [1.165, 1.54) is 49.5 Å². The van der Waals surface area contributed by atoms with Crippen LogP contribution in [0.5, 0.6) is 0 Å². The Balaban J connectivity index is 1.37. The fourth-order valence-electron chi connectivity index (χ4n) is 5.65. The molecule has 0 bridgehead atoms. The van der Waals surface area contributed by atoms with Crippen LogP contribution in [0.3, 0.4) is 0 Å². The Morgan fingerprint density at radius 1 is 0.472 bits per heavy atom. The van der Waals surface area contributed by atoms with Crippen molar-refractivity contribution in [3.63, 3.8) is 0 Å². The fraction of sp³-hybridized carbons (Fsp3) is 0. The second-order valence-electron chi connectivity index (χ2n) is 9.32. The molecule has 0 radical (unpaired) electrons. The predicted octanol–water partition coefficient (Wildman–Crippen LogP) is 8.40. The second kappa shape index (κ2) is 7.30. The van der Waals surface area contributed by atoms with Crippen molar-refractivity contribution >= 4 is 49.4 Å². The summed E-state index contributed by atoms with van der Waals surface area (Å²) in [6.07, 6.45) is 0. The number of hydrogen-bond donors (Lipinski definition) is 0. The molecule has 8 rings (SSSR count). The molecule has 3 heteroatoms. The minimum absolute atomic E-state index is 0.977. The first-order valence-electron chi connectivity index (χ1n) is 12.2. The number of imidazole rings is 1. The van der Waals surface area contributed by atoms with E-state index in [-0.39, 0.29) is 0 Å². The van der Waals surface area contributed by atoms with Gasteiger partial charge in [0.15, 0.2) is 0 Å². The van der Waals surface area contributed by atoms with Crippen LogP contribution in [0.25, 0.3) is 66.2 Å². The monoisotopic (exact) mass is 459 g/mol. The molecule has 36 heavy (non-hydrogen) atoms. The lowest BCUT2D eigenvalue weighted by molar-refractivity contribution is 1.18. The zero-order chi connectivity index (χ0) is 23.6. The van der Waals surface area contributed by atoms with Gasteiger partial charge in [-0.25, -0.2) is 4.98 Å². The quantitative estimate of drug-likeness (QED) is 0.254. The van der Waals surface area contributed by atoms with Crippen LogP contribution >= 0.6 is 0 Å². The van der Waals surface area contributed by atoms with Gasteiger partial charge in [0.25, 0.3) is 0 Å². The highest BCUT2D eigenvalue weighted by molar-refractivity contribution is 6.10. The minimum Gasteiger partial charge on any atom is -0.309 e. The number of benzene rings is 5. The van der Waals surface area contributed by atoms with Gasteiger partial charge in [-0.15, -0.1) is 0 Å². The third-order valence-electron chi connectivity index (χ3n) is 7.29. The maximum Gasteiger partial charge on any atom is 0.138 e. The average Bonchev–Trinajstić information content (AvgIpc) is 3.49. The summed E-state index contributed by atoms with van der Waals surface area (Å²) >= 11 is 0. The van der Waals surface area contributed by atoms with Gasteiger partial charge in [-0.3, -0.25) is 4.40 Å². The van der Waals surface area contributed by atoms with Crippen LogP contribution in [0.15, 0.2) is 127 Å². The summed E-state index contributed by atoms with van der Waals surface area (Å²) in [7, 11) is 0. The van der Waals surface area contributed by atoms with E-state index in [1.54, 1.807) is 0 Å². The number of nitrogens with zero attached hydrogens (tertiary/aromatic N) is 3. The van der Waals surface area contributed by atoms with Crippen LogP contribution in [0.2, 0.25) is 0 Å². The molecular formula is C33H21N3. The van der Waals surface area contributed by atoms with Gasteiger partial charge in [0.2, 0.25) is 0 Å². The lowest BCUT2D eigenvalue weighted by Gasteiger charge is -2.10. The molecule has 0 N–H and O–H groups in total. The molecule has 0 spiro atoms. The maximum absolute atomic E-state index is 4.80. The highest BCUT2D eigenvalue weighted by atomic mass is 15.0. The Morgan fingerprint density at radius 2 is 1.19 bits per heavy atom. The zero-order valence-corrected chi connectivity index (χ0v) is 19.5. The molecule has 0 fully saturated rings. The number of rotatable bonds is 2. The molecule has 168 valence electrons. The molecule has 0 saturated heterocycles. The zero-order valence-electron chi connectivity index (χ0n) is 19.5. The van der Waals surface area contributed by atoms with E-state index in [1.807, 2.05) is 6.07 Å². The summed E-state index contributed by atoms with van der Waals surface area (Å²) in [6.45, 7) is 0. The van der Waals surface area contributed by atoms with E-state index in [0.29, 0.717) is 0 Å². The van der Waals surface area contributed by atoms with Crippen LogP contribution in [-0.4, -0.2) is 14.0 Å². The number of fused-ring (bicyclic) bond motifs is 8. The van der Waals surface area contributed by atoms with Gasteiger partial charge in [0.1, 0.15) is 5.65 Å². The van der Waals surface area contributed by atoms with Gasteiger partial charge < -0.3 is 4.57 Å². The largest absolute Gasteiger partial charge is 0.309 e. The lowest BCUT2D eigenvalue weighted by atomic mass is 10.0. The molecule has 5 aromatic carbocycles. The van der Waals surface area contributed by atoms with Crippen molar-refractivity contribution in [3.8, 4) is 16.8 Å². The van der Waals surface area contributed by atoms with E-state index in [9.17, 15) is 0 Å². The molecule has 3 heterocycles. The fourth-order valence-corrected chi connectivity index (χ4v) is 5.65. The molecule has 0 aliphatic heterocycles. The normalized spacial score (nSPS) is 11.9. The molecule has 0 amide bonds. The number of hydrogen-bond acceptors (Lipinski definition) is 1. The van der Waals surface area contributed by atoms with Gasteiger partial charge in [0.05, 0.1) is 27.6 Å². The van der Waals surface area contributed by atoms with Crippen molar-refractivity contribution in [2.75, 3.05) is 0 Å². The molecule has 3 nitrogen and oxygen atoms in total. The van der Waals surface area contributed by atoms with Crippen molar-refractivity contribution in [2.45, 2.75) is 0 Å². The molecular weight excluding hydrogens is 438 g/mol. The summed E-state index contributed by atoms with van der Waals surface area (Å²) in [6, 6.07) is 45.5. The highest BCUT2D eigenvalue weighted by Crippen LogP contribution is 2.35. The van der Waals surface area contributed by atoms with E-state index < -0.39 is 0 Å². The Hall–Kier alpha value is -4.89. The minimum atomic E-state index is 0.977. The van der Waals surface area contributed by atoms with Crippen molar-refractivity contribution in [2.24, 2.45) is 0 Å². The van der Waals surface area contributed by atoms with Gasteiger partial charge in [-0.2, -0.15) is 0 Å². The van der Waals surface area contributed by atoms with E-state index >= 15 is 0 Å². The summed E-state index contributed by atoms with van der Waals surface area (Å²) < 4.78 is 4.63. The van der Waals surface area contributed by atoms with E-state index in [0.717, 1.165) is 16.7 Å². The Labute approximate surface area is 207 Å². The molecule has 0 aliphatic rings. The summed E-state index contributed by atoms with van der Waals surface area (Å²) in [5.41, 5.74) is 10.3. The van der Waals surface area contributed by atoms with Crippen LogP contribution in [0.4, 0.5) is 0 Å². The smallest absolute Gasteiger partial charge is 0.138 e. The van der Waals surface area contributed by atoms with Crippen molar-refractivity contribution < 1.29 is 0 Å². The third kappa shape index (κ3) is 2.71. The molecule has 8 aromatic rings. The maximum atomic E-state index is 4.80. The van der Waals surface area contributed by atoms with Crippen LogP contribution in [-0.2, 0) is 0 Å². The van der Waals surface area contributed by atoms with Gasteiger partial charge in [-0.1, -0.05) is 66.7 Å². The standard InChI is InChI=1S/C33H21N3/c1-2-8-25(9-3-1)35-30-12-6-4-10-26(30)27-17-14-23(21-32(27)35)22-15-18-29-24(20-22)16-19-33-34-28-11-5-7-13-31(28)36(29)33/h1-21H. The van der Waals surface area contributed by atoms with Gasteiger partial charge in [0, 0.05) is 16.5 Å². The first-order chi connectivity index (χ1) is 17.8. The highest BCUT2D eigenvalue weighted by Gasteiger charge is 2.14. The molecule has 0 saturated carbocycles. The Morgan fingerprint density at radius 3 is 2.11 bits per heavy atom. The topological polar surface area (TPSA) is 22.2 Å². The number of aromatic nitrogens is 3. The molecule has 0 aliphatic carbocycles. The van der Waals surface area contributed by atoms with Crippen molar-refractivity contribution in [1.29, 1.82) is 0 Å². The van der Waals surface area contributed by atoms with Crippen LogP contribution in [0, 0.1) is 0 Å². The van der Waals surface area contributed by atoms with Crippen LogP contribution in [0.1, 0.15) is 0 Å². The van der Waals surface area contributed by atoms with E-state index in [4.69, 9.17) is 4.98 Å². The second-order valence-corrected chi connectivity index (χ2v) is 9.32. The average molecular weight is 460 g/mol. The van der Waals surface area contributed by atoms with Gasteiger partial charge >= 0.3 is 0 Å². The summed E-state index contributed by atoms with van der Waals surface area (Å²) in [4.78, 5) is 4.80. The first-order valence-corrected chi connectivity index (χ1v) is 12.2. The van der Waals surface area contributed by atoms with Crippen molar-refractivity contribution in [3.05, 3.63) is 127 Å². The predicted molar refractivity (Wildman–Crippen MR) is 150 cm³/mol. The van der Waals surface area contributed by atoms with Crippen LogP contribution < -0.4 is 0 Å². The number of pyridine rings is 1. The molecule has 3 aromatic heterocycles. The van der Waals surface area contributed by atoms with E-state index in [2.05, 4.69) is 130 Å². The van der Waals surface area contributed by atoms with Crippen molar-refractivity contribution in [1.82, 2.24) is 14.0 Å². The Bertz CT molecular complexity index is 2100. The summed E-state index contributed by atoms with van der Waals surface area (Å²) in [5, 5.41) is 3.74. The molecule has 0 atom stereocenters. The SMILES string of the molecule is c1ccc(-n2c3ccccc3c3ccc(-c4ccc5c(ccc6nc7ccccc7n65)c4)cc32)cc1. The lowest BCUT2D eigenvalue weighted by Crippen LogP contribution is -1.93. The molecule has 0 unspecified atom stereocenters. The summed E-state index contributed by atoms with van der Waals surface area (Å²) in [5.74, 6) is 0. The number of para-hydroxylation sites is 4. The third-order valence-corrected chi connectivity index (χ3v) is 7.29. The first kappa shape index (κ1) is 19.4. The van der Waals surface area contributed by atoms with Gasteiger partial charge in [-0.05, 0) is 77.2 Å². The Kier molecular flexibility index (Phi) is 3.94.